The van der Waals surface area contributed by atoms with Crippen molar-refractivity contribution in [3.63, 3.8) is 0 Å². The maximum atomic E-state index is 6.17. The highest BCUT2D eigenvalue weighted by Crippen LogP contribution is 2.26. The zero-order chi connectivity index (χ0) is 12.4. The van der Waals surface area contributed by atoms with Crippen LogP contribution in [0.3, 0.4) is 0 Å². The highest BCUT2D eigenvalue weighted by atomic mass is 79.9. The number of aromatic nitrogens is 2. The van der Waals surface area contributed by atoms with Gasteiger partial charge in [0.05, 0.1) is 11.7 Å². The van der Waals surface area contributed by atoms with Crippen molar-refractivity contribution in [3.05, 3.63) is 56.5 Å². The average molecular weight is 357 g/mol. The third-order valence-corrected chi connectivity index (χ3v) is 3.49. The van der Waals surface area contributed by atoms with E-state index in [1.807, 2.05) is 25.1 Å². The standard InChI is InChI=1S/C12H11Br2N3/c1-7-2-3-8(5-16-7)11(15)12-10(14)4-9(13)6-17-12/h2-6,11H,15H2,1H3. The summed E-state index contributed by atoms with van der Waals surface area (Å²) in [6.07, 6.45) is 3.53. The molecule has 1 atom stereocenters. The van der Waals surface area contributed by atoms with Crippen LogP contribution in [-0.2, 0) is 0 Å². The van der Waals surface area contributed by atoms with Crippen molar-refractivity contribution < 1.29 is 0 Å². The maximum Gasteiger partial charge on any atom is 0.0759 e. The minimum Gasteiger partial charge on any atom is -0.319 e. The summed E-state index contributed by atoms with van der Waals surface area (Å²) in [4.78, 5) is 8.57. The number of pyridine rings is 2. The Hall–Kier alpha value is -0.780. The SMILES string of the molecule is Cc1ccc(C(N)c2ncc(Br)cc2Br)cn1. The first kappa shape index (κ1) is 12.7. The van der Waals surface area contributed by atoms with Gasteiger partial charge in [-0.25, -0.2) is 0 Å². The summed E-state index contributed by atoms with van der Waals surface area (Å²) in [5.41, 5.74) is 8.90. The second kappa shape index (κ2) is 5.25. The van der Waals surface area contributed by atoms with Gasteiger partial charge in [-0.2, -0.15) is 0 Å². The molecule has 0 bridgehead atoms. The largest absolute Gasteiger partial charge is 0.319 e. The fourth-order valence-corrected chi connectivity index (χ4v) is 2.71. The first-order valence-electron chi connectivity index (χ1n) is 5.07. The molecule has 0 aromatic carbocycles. The van der Waals surface area contributed by atoms with Gasteiger partial charge in [-0.15, -0.1) is 0 Å². The zero-order valence-electron chi connectivity index (χ0n) is 9.19. The maximum absolute atomic E-state index is 6.17. The molecule has 5 heteroatoms. The first-order valence-corrected chi connectivity index (χ1v) is 6.65. The highest BCUT2D eigenvalue weighted by Gasteiger charge is 2.14. The van der Waals surface area contributed by atoms with Crippen LogP contribution in [0.25, 0.3) is 0 Å². The summed E-state index contributed by atoms with van der Waals surface area (Å²) in [5, 5.41) is 0. The van der Waals surface area contributed by atoms with E-state index >= 15 is 0 Å². The van der Waals surface area contributed by atoms with Crippen LogP contribution in [0.2, 0.25) is 0 Å². The number of halogens is 2. The van der Waals surface area contributed by atoms with E-state index in [1.54, 1.807) is 12.4 Å². The molecule has 2 aromatic rings. The van der Waals surface area contributed by atoms with Gasteiger partial charge >= 0.3 is 0 Å². The Labute approximate surface area is 117 Å². The zero-order valence-corrected chi connectivity index (χ0v) is 12.4. The van der Waals surface area contributed by atoms with E-state index in [4.69, 9.17) is 5.73 Å². The summed E-state index contributed by atoms with van der Waals surface area (Å²) in [5.74, 6) is 0. The van der Waals surface area contributed by atoms with Gasteiger partial charge in [-0.3, -0.25) is 9.97 Å². The van der Waals surface area contributed by atoms with Gasteiger partial charge in [0.25, 0.3) is 0 Å². The minimum absolute atomic E-state index is 0.273. The number of hydrogen-bond acceptors (Lipinski definition) is 3. The molecule has 0 radical (unpaired) electrons. The number of rotatable bonds is 2. The predicted octanol–water partition coefficient (Wildman–Crippen LogP) is 3.36. The van der Waals surface area contributed by atoms with Crippen LogP contribution < -0.4 is 5.73 Å². The molecule has 0 saturated carbocycles. The summed E-state index contributed by atoms with van der Waals surface area (Å²) < 4.78 is 1.81. The van der Waals surface area contributed by atoms with Crippen LogP contribution in [0, 0.1) is 6.92 Å². The summed E-state index contributed by atoms with van der Waals surface area (Å²) in [7, 11) is 0. The normalized spacial score (nSPS) is 12.5. The molecule has 3 nitrogen and oxygen atoms in total. The quantitative estimate of drug-likeness (QED) is 0.897. The smallest absolute Gasteiger partial charge is 0.0759 e. The van der Waals surface area contributed by atoms with Crippen LogP contribution in [-0.4, -0.2) is 9.97 Å². The van der Waals surface area contributed by atoms with Crippen LogP contribution in [0.1, 0.15) is 23.0 Å². The summed E-state index contributed by atoms with van der Waals surface area (Å²) >= 11 is 6.83. The average Bonchev–Trinajstić information content (AvgIpc) is 2.29. The fourth-order valence-electron chi connectivity index (χ4n) is 1.48. The number of nitrogens with two attached hydrogens (primary N) is 1. The van der Waals surface area contributed by atoms with Crippen molar-refractivity contribution in [2.75, 3.05) is 0 Å². The Morgan fingerprint density at radius 2 is 1.94 bits per heavy atom. The fraction of sp³-hybridized carbons (Fsp3) is 0.167. The molecule has 2 N–H and O–H groups in total. The van der Waals surface area contributed by atoms with E-state index in [-0.39, 0.29) is 6.04 Å². The molecule has 2 heterocycles. The van der Waals surface area contributed by atoms with E-state index in [0.29, 0.717) is 0 Å². The predicted molar refractivity (Wildman–Crippen MR) is 74.6 cm³/mol. The van der Waals surface area contributed by atoms with E-state index in [1.165, 1.54) is 0 Å². The molecule has 0 amide bonds. The molecule has 0 aliphatic carbocycles. The Bertz CT molecular complexity index is 526. The van der Waals surface area contributed by atoms with E-state index in [9.17, 15) is 0 Å². The molecule has 17 heavy (non-hydrogen) atoms. The number of aryl methyl sites for hydroxylation is 1. The molecule has 2 aromatic heterocycles. The van der Waals surface area contributed by atoms with E-state index in [0.717, 1.165) is 25.9 Å². The number of nitrogens with zero attached hydrogens (tertiary/aromatic N) is 2. The van der Waals surface area contributed by atoms with Crippen LogP contribution in [0.5, 0.6) is 0 Å². The molecule has 1 unspecified atom stereocenters. The monoisotopic (exact) mass is 355 g/mol. The molecule has 0 spiro atoms. The molecule has 0 aliphatic heterocycles. The lowest BCUT2D eigenvalue weighted by molar-refractivity contribution is 0.813. The molecule has 2 rings (SSSR count). The molecular weight excluding hydrogens is 346 g/mol. The van der Waals surface area contributed by atoms with Crippen molar-refractivity contribution in [1.29, 1.82) is 0 Å². The second-order valence-corrected chi connectivity index (χ2v) is 5.50. The summed E-state index contributed by atoms with van der Waals surface area (Å²) in [6, 6.07) is 5.58. The van der Waals surface area contributed by atoms with E-state index < -0.39 is 0 Å². The topological polar surface area (TPSA) is 51.8 Å². The van der Waals surface area contributed by atoms with Gasteiger partial charge in [0, 0.05) is 27.0 Å². The van der Waals surface area contributed by atoms with Crippen LogP contribution in [0.4, 0.5) is 0 Å². The Kier molecular flexibility index (Phi) is 3.91. The van der Waals surface area contributed by atoms with Crippen molar-refractivity contribution in [1.82, 2.24) is 9.97 Å². The van der Waals surface area contributed by atoms with Crippen molar-refractivity contribution in [2.45, 2.75) is 13.0 Å². The molecule has 0 fully saturated rings. The van der Waals surface area contributed by atoms with Crippen molar-refractivity contribution in [3.8, 4) is 0 Å². The van der Waals surface area contributed by atoms with Gasteiger partial charge in [0.1, 0.15) is 0 Å². The Morgan fingerprint density at radius 1 is 1.18 bits per heavy atom. The van der Waals surface area contributed by atoms with Crippen molar-refractivity contribution >= 4 is 31.9 Å². The van der Waals surface area contributed by atoms with Gasteiger partial charge in [-0.05, 0) is 56.5 Å². The third kappa shape index (κ3) is 2.91. The highest BCUT2D eigenvalue weighted by molar-refractivity contribution is 9.11. The lowest BCUT2D eigenvalue weighted by atomic mass is 10.1. The molecular formula is C12H11Br2N3. The second-order valence-electron chi connectivity index (χ2n) is 3.73. The Balaban J connectivity index is 2.36. The van der Waals surface area contributed by atoms with Crippen molar-refractivity contribution in [2.24, 2.45) is 5.73 Å². The number of hydrogen-bond donors (Lipinski definition) is 1. The molecule has 0 aliphatic rings. The van der Waals surface area contributed by atoms with Gasteiger partial charge in [0.2, 0.25) is 0 Å². The molecule has 88 valence electrons. The lowest BCUT2D eigenvalue weighted by Crippen LogP contribution is -2.14. The summed E-state index contributed by atoms with van der Waals surface area (Å²) in [6.45, 7) is 1.95. The third-order valence-electron chi connectivity index (χ3n) is 2.42. The van der Waals surface area contributed by atoms with Gasteiger partial charge < -0.3 is 5.73 Å². The van der Waals surface area contributed by atoms with Crippen LogP contribution in [0.15, 0.2) is 39.5 Å². The minimum atomic E-state index is -0.273. The van der Waals surface area contributed by atoms with Gasteiger partial charge in [0.15, 0.2) is 0 Å². The van der Waals surface area contributed by atoms with Crippen LogP contribution >= 0.6 is 31.9 Å². The van der Waals surface area contributed by atoms with E-state index in [2.05, 4.69) is 41.8 Å². The molecule has 0 saturated heterocycles. The van der Waals surface area contributed by atoms with Gasteiger partial charge in [-0.1, -0.05) is 6.07 Å². The Morgan fingerprint density at radius 3 is 2.53 bits per heavy atom. The lowest BCUT2D eigenvalue weighted by Gasteiger charge is -2.13. The first-order chi connectivity index (χ1) is 8.08.